The molecule has 2 saturated heterocycles. The first kappa shape index (κ1) is 17.2. The second kappa shape index (κ2) is 8.46. The lowest BCUT2D eigenvalue weighted by Crippen LogP contribution is -2.49. The van der Waals surface area contributed by atoms with Crippen molar-refractivity contribution in [2.75, 3.05) is 46.4 Å². The summed E-state index contributed by atoms with van der Waals surface area (Å²) >= 11 is 0. The molecule has 0 radical (unpaired) electrons. The van der Waals surface area contributed by atoms with Gasteiger partial charge in [-0.2, -0.15) is 0 Å². The van der Waals surface area contributed by atoms with E-state index >= 15 is 0 Å². The van der Waals surface area contributed by atoms with Gasteiger partial charge in [-0.05, 0) is 32.0 Å². The van der Waals surface area contributed by atoms with Gasteiger partial charge in [-0.15, -0.1) is 0 Å². The minimum absolute atomic E-state index is 0.0405. The fourth-order valence-corrected chi connectivity index (χ4v) is 3.48. The standard InChI is InChI=1S/C18H27N3O3/c1-23-16-7-3-2-6-14(16)15(21-9-4-5-10-21)12-20-18(22)17-13-19-8-11-24-17/h2-3,6-7,15,17,19H,4-5,8-13H2,1H3,(H,20,22). The number of rotatable bonds is 6. The van der Waals surface area contributed by atoms with Crippen molar-refractivity contribution in [1.29, 1.82) is 0 Å². The molecule has 132 valence electrons. The number of methoxy groups -OCH3 is 1. The van der Waals surface area contributed by atoms with Crippen LogP contribution in [0.1, 0.15) is 24.4 Å². The third-order valence-corrected chi connectivity index (χ3v) is 4.77. The van der Waals surface area contributed by atoms with Crippen LogP contribution in [0, 0.1) is 0 Å². The summed E-state index contributed by atoms with van der Waals surface area (Å²) in [6.07, 6.45) is 2.01. The molecule has 6 heteroatoms. The molecule has 1 aromatic rings. The first-order valence-corrected chi connectivity index (χ1v) is 8.76. The zero-order valence-corrected chi connectivity index (χ0v) is 14.3. The summed E-state index contributed by atoms with van der Waals surface area (Å²) in [6.45, 7) is 4.65. The van der Waals surface area contributed by atoms with Crippen LogP contribution in [0.25, 0.3) is 0 Å². The highest BCUT2D eigenvalue weighted by Gasteiger charge is 2.28. The Morgan fingerprint density at radius 2 is 2.21 bits per heavy atom. The number of para-hydroxylation sites is 1. The van der Waals surface area contributed by atoms with Gasteiger partial charge in [0.25, 0.3) is 5.91 Å². The van der Waals surface area contributed by atoms with E-state index in [9.17, 15) is 4.79 Å². The van der Waals surface area contributed by atoms with Gasteiger partial charge in [-0.1, -0.05) is 18.2 Å². The summed E-state index contributed by atoms with van der Waals surface area (Å²) in [5.74, 6) is 0.834. The predicted octanol–water partition coefficient (Wildman–Crippen LogP) is 0.937. The molecule has 0 aliphatic carbocycles. The molecule has 2 unspecified atom stereocenters. The predicted molar refractivity (Wildman–Crippen MR) is 92.2 cm³/mol. The summed E-state index contributed by atoms with van der Waals surface area (Å²) in [6, 6.07) is 8.20. The van der Waals surface area contributed by atoms with Crippen LogP contribution in [0.3, 0.4) is 0 Å². The molecular weight excluding hydrogens is 306 g/mol. The average molecular weight is 333 g/mol. The van der Waals surface area contributed by atoms with E-state index in [1.54, 1.807) is 7.11 Å². The number of likely N-dealkylation sites (tertiary alicyclic amines) is 1. The number of amides is 1. The maximum absolute atomic E-state index is 12.4. The van der Waals surface area contributed by atoms with Crippen molar-refractivity contribution in [3.63, 3.8) is 0 Å². The number of nitrogens with zero attached hydrogens (tertiary/aromatic N) is 1. The zero-order valence-electron chi connectivity index (χ0n) is 14.3. The topological polar surface area (TPSA) is 62.8 Å². The van der Waals surface area contributed by atoms with Crippen LogP contribution < -0.4 is 15.4 Å². The lowest BCUT2D eigenvalue weighted by Gasteiger charge is -2.30. The van der Waals surface area contributed by atoms with Crippen molar-refractivity contribution in [2.24, 2.45) is 0 Å². The van der Waals surface area contributed by atoms with Gasteiger partial charge in [0, 0.05) is 25.2 Å². The molecule has 1 aromatic carbocycles. The smallest absolute Gasteiger partial charge is 0.250 e. The van der Waals surface area contributed by atoms with Crippen LogP contribution in [0.4, 0.5) is 0 Å². The number of carbonyl (C=O) groups is 1. The van der Waals surface area contributed by atoms with Gasteiger partial charge in [0.15, 0.2) is 0 Å². The molecule has 6 nitrogen and oxygen atoms in total. The second-order valence-electron chi connectivity index (χ2n) is 6.31. The lowest BCUT2D eigenvalue weighted by atomic mass is 10.0. The van der Waals surface area contributed by atoms with Gasteiger partial charge >= 0.3 is 0 Å². The van der Waals surface area contributed by atoms with Gasteiger partial charge in [0.1, 0.15) is 11.9 Å². The molecule has 3 rings (SSSR count). The van der Waals surface area contributed by atoms with E-state index in [4.69, 9.17) is 9.47 Å². The van der Waals surface area contributed by atoms with E-state index in [0.29, 0.717) is 19.7 Å². The fourth-order valence-electron chi connectivity index (χ4n) is 3.48. The molecule has 0 spiro atoms. The number of nitrogens with one attached hydrogen (secondary N) is 2. The highest BCUT2D eigenvalue weighted by Crippen LogP contribution is 2.31. The van der Waals surface area contributed by atoms with Crippen LogP contribution in [-0.2, 0) is 9.53 Å². The van der Waals surface area contributed by atoms with Crippen molar-refractivity contribution in [2.45, 2.75) is 25.0 Å². The van der Waals surface area contributed by atoms with E-state index < -0.39 is 6.10 Å². The number of hydrogen-bond donors (Lipinski definition) is 2. The number of hydrogen-bond acceptors (Lipinski definition) is 5. The molecule has 2 aliphatic heterocycles. The summed E-state index contributed by atoms with van der Waals surface area (Å²) in [5, 5.41) is 6.27. The van der Waals surface area contributed by atoms with Crippen molar-refractivity contribution in [3.8, 4) is 5.75 Å². The molecule has 2 N–H and O–H groups in total. The second-order valence-corrected chi connectivity index (χ2v) is 6.31. The number of morpholine rings is 1. The molecule has 0 saturated carbocycles. The van der Waals surface area contributed by atoms with Crippen LogP contribution >= 0.6 is 0 Å². The Morgan fingerprint density at radius 1 is 1.42 bits per heavy atom. The SMILES string of the molecule is COc1ccccc1C(CNC(=O)C1CNCCO1)N1CCCC1. The monoisotopic (exact) mass is 333 g/mol. The third-order valence-electron chi connectivity index (χ3n) is 4.77. The Bertz CT molecular complexity index is 540. The minimum Gasteiger partial charge on any atom is -0.496 e. The van der Waals surface area contributed by atoms with E-state index in [1.807, 2.05) is 18.2 Å². The van der Waals surface area contributed by atoms with Gasteiger partial charge in [-0.25, -0.2) is 0 Å². The van der Waals surface area contributed by atoms with E-state index in [0.717, 1.165) is 30.9 Å². The lowest BCUT2D eigenvalue weighted by molar-refractivity contribution is -0.134. The van der Waals surface area contributed by atoms with E-state index in [-0.39, 0.29) is 11.9 Å². The number of ether oxygens (including phenoxy) is 2. The summed E-state index contributed by atoms with van der Waals surface area (Å²) in [5.41, 5.74) is 1.13. The highest BCUT2D eigenvalue weighted by atomic mass is 16.5. The Labute approximate surface area is 143 Å². The van der Waals surface area contributed by atoms with Crippen molar-refractivity contribution < 1.29 is 14.3 Å². The Hall–Kier alpha value is -1.63. The molecule has 2 atom stereocenters. The molecule has 2 heterocycles. The molecule has 24 heavy (non-hydrogen) atoms. The summed E-state index contributed by atoms with van der Waals surface area (Å²) in [4.78, 5) is 14.8. The summed E-state index contributed by atoms with van der Waals surface area (Å²) in [7, 11) is 1.69. The molecule has 1 amide bonds. The molecule has 2 fully saturated rings. The summed E-state index contributed by atoms with van der Waals surface area (Å²) < 4.78 is 11.1. The van der Waals surface area contributed by atoms with Gasteiger partial charge in [-0.3, -0.25) is 9.69 Å². The molecule has 0 aromatic heterocycles. The van der Waals surface area contributed by atoms with Crippen LogP contribution in [0.2, 0.25) is 0 Å². The highest BCUT2D eigenvalue weighted by molar-refractivity contribution is 5.81. The first-order chi connectivity index (χ1) is 11.8. The molecule has 0 bridgehead atoms. The zero-order chi connectivity index (χ0) is 16.8. The maximum Gasteiger partial charge on any atom is 0.250 e. The number of carbonyl (C=O) groups excluding carboxylic acids is 1. The van der Waals surface area contributed by atoms with E-state index in [2.05, 4.69) is 21.6 Å². The van der Waals surface area contributed by atoms with Crippen LogP contribution in [0.15, 0.2) is 24.3 Å². The fraction of sp³-hybridized carbons (Fsp3) is 0.611. The Balaban J connectivity index is 1.69. The van der Waals surface area contributed by atoms with Crippen LogP contribution in [0.5, 0.6) is 5.75 Å². The Morgan fingerprint density at radius 3 is 2.92 bits per heavy atom. The van der Waals surface area contributed by atoms with Crippen molar-refractivity contribution in [1.82, 2.24) is 15.5 Å². The van der Waals surface area contributed by atoms with Crippen molar-refractivity contribution in [3.05, 3.63) is 29.8 Å². The average Bonchev–Trinajstić information content (AvgIpc) is 3.17. The third kappa shape index (κ3) is 4.06. The normalized spacial score (nSPS) is 23.0. The quantitative estimate of drug-likeness (QED) is 0.811. The van der Waals surface area contributed by atoms with Crippen molar-refractivity contribution >= 4 is 5.91 Å². The first-order valence-electron chi connectivity index (χ1n) is 8.76. The largest absolute Gasteiger partial charge is 0.496 e. The molecular formula is C18H27N3O3. The van der Waals surface area contributed by atoms with Gasteiger partial charge in [0.2, 0.25) is 0 Å². The minimum atomic E-state index is -0.393. The Kier molecular flexibility index (Phi) is 6.07. The van der Waals surface area contributed by atoms with Crippen LogP contribution in [-0.4, -0.2) is 63.4 Å². The van der Waals surface area contributed by atoms with Gasteiger partial charge < -0.3 is 20.1 Å². The number of benzene rings is 1. The van der Waals surface area contributed by atoms with Gasteiger partial charge in [0.05, 0.1) is 19.8 Å². The van der Waals surface area contributed by atoms with E-state index in [1.165, 1.54) is 12.8 Å². The molecule has 2 aliphatic rings. The maximum atomic E-state index is 12.4.